The molecule has 11 heteroatoms. The van der Waals surface area contributed by atoms with Gasteiger partial charge in [0.25, 0.3) is 0 Å². The van der Waals surface area contributed by atoms with E-state index in [1.165, 1.54) is 4.90 Å². The van der Waals surface area contributed by atoms with Gasteiger partial charge in [-0.1, -0.05) is 0 Å². The van der Waals surface area contributed by atoms with E-state index in [-0.39, 0.29) is 25.4 Å². The van der Waals surface area contributed by atoms with E-state index in [0.717, 1.165) is 4.31 Å². The minimum Gasteiger partial charge on any atom is -0.353 e. The molecular weight excluding hydrogens is 337 g/mol. The standard InChI is InChI=1S/C12H21F3N4O3S/c13-12(14,15)10(18-5-2-16-3-6-18)8-17-11(20)9-19-4-1-7-23(19,21)22/h10,16H,1-9H2,(H,17,20). The molecule has 0 aromatic rings. The van der Waals surface area contributed by atoms with Crippen LogP contribution in [-0.2, 0) is 14.8 Å². The molecule has 2 fully saturated rings. The number of carbonyl (C=O) groups is 1. The molecule has 2 aliphatic rings. The highest BCUT2D eigenvalue weighted by Crippen LogP contribution is 2.24. The maximum atomic E-state index is 13.2. The zero-order valence-electron chi connectivity index (χ0n) is 12.6. The molecule has 0 aliphatic carbocycles. The molecule has 0 saturated carbocycles. The summed E-state index contributed by atoms with van der Waals surface area (Å²) in [6.45, 7) is 0.668. The highest BCUT2D eigenvalue weighted by molar-refractivity contribution is 7.89. The summed E-state index contributed by atoms with van der Waals surface area (Å²) in [5, 5.41) is 5.20. The molecule has 1 unspecified atom stereocenters. The van der Waals surface area contributed by atoms with E-state index in [2.05, 4.69) is 10.6 Å². The fourth-order valence-electron chi connectivity index (χ4n) is 2.74. The summed E-state index contributed by atoms with van der Waals surface area (Å²) in [4.78, 5) is 13.1. The first kappa shape index (κ1) is 18.4. The van der Waals surface area contributed by atoms with Gasteiger partial charge in [-0.25, -0.2) is 8.42 Å². The third-order valence-electron chi connectivity index (χ3n) is 3.99. The van der Waals surface area contributed by atoms with Crippen molar-refractivity contribution in [2.75, 3.05) is 51.6 Å². The van der Waals surface area contributed by atoms with Crippen molar-refractivity contribution >= 4 is 15.9 Å². The second kappa shape index (κ2) is 7.32. The van der Waals surface area contributed by atoms with E-state index in [0.29, 0.717) is 19.5 Å². The van der Waals surface area contributed by atoms with E-state index >= 15 is 0 Å². The smallest absolute Gasteiger partial charge is 0.353 e. The first-order valence-corrected chi connectivity index (χ1v) is 9.07. The number of hydrogen-bond donors (Lipinski definition) is 2. The summed E-state index contributed by atoms with van der Waals surface area (Å²) in [5.74, 6) is -0.730. The number of nitrogens with one attached hydrogen (secondary N) is 2. The van der Waals surface area contributed by atoms with Crippen LogP contribution in [0.4, 0.5) is 13.2 Å². The third kappa shape index (κ3) is 5.03. The second-order valence-corrected chi connectivity index (χ2v) is 7.74. The van der Waals surface area contributed by atoms with Gasteiger partial charge < -0.3 is 10.6 Å². The zero-order chi connectivity index (χ0) is 17.1. The molecule has 2 N–H and O–H groups in total. The highest BCUT2D eigenvalue weighted by Gasteiger charge is 2.44. The molecule has 1 amide bonds. The van der Waals surface area contributed by atoms with Crippen LogP contribution in [0.1, 0.15) is 6.42 Å². The Morgan fingerprint density at radius 1 is 1.22 bits per heavy atom. The Labute approximate surface area is 133 Å². The van der Waals surface area contributed by atoms with Crippen molar-refractivity contribution in [3.8, 4) is 0 Å². The van der Waals surface area contributed by atoms with E-state index in [1.54, 1.807) is 0 Å². The van der Waals surface area contributed by atoms with Gasteiger partial charge in [-0.3, -0.25) is 9.69 Å². The molecule has 0 bridgehead atoms. The van der Waals surface area contributed by atoms with Crippen LogP contribution in [-0.4, -0.2) is 87.3 Å². The molecule has 134 valence electrons. The number of amides is 1. The number of rotatable bonds is 5. The predicted molar refractivity (Wildman–Crippen MR) is 77.3 cm³/mol. The van der Waals surface area contributed by atoms with E-state index in [1.807, 2.05) is 0 Å². The van der Waals surface area contributed by atoms with Crippen molar-refractivity contribution in [1.29, 1.82) is 0 Å². The first-order valence-electron chi connectivity index (χ1n) is 7.46. The number of alkyl halides is 3. The molecule has 2 aliphatic heterocycles. The average Bonchev–Trinajstić information content (AvgIpc) is 2.78. The van der Waals surface area contributed by atoms with E-state index in [4.69, 9.17) is 0 Å². The Balaban J connectivity index is 1.89. The van der Waals surface area contributed by atoms with Gasteiger partial charge in [-0.2, -0.15) is 17.5 Å². The lowest BCUT2D eigenvalue weighted by Gasteiger charge is -2.36. The molecule has 2 heterocycles. The number of hydrogen-bond acceptors (Lipinski definition) is 5. The first-order chi connectivity index (χ1) is 10.7. The van der Waals surface area contributed by atoms with Crippen LogP contribution in [0.5, 0.6) is 0 Å². The topological polar surface area (TPSA) is 81.8 Å². The lowest BCUT2D eigenvalue weighted by Crippen LogP contribution is -2.58. The van der Waals surface area contributed by atoms with Crippen molar-refractivity contribution in [1.82, 2.24) is 19.8 Å². The Kier molecular flexibility index (Phi) is 5.87. The van der Waals surface area contributed by atoms with Crippen molar-refractivity contribution < 1.29 is 26.4 Å². The van der Waals surface area contributed by atoms with Crippen LogP contribution in [0.25, 0.3) is 0 Å². The lowest BCUT2D eigenvalue weighted by atomic mass is 10.2. The normalized spacial score (nSPS) is 24.5. The lowest BCUT2D eigenvalue weighted by molar-refractivity contribution is -0.184. The van der Waals surface area contributed by atoms with Crippen LogP contribution in [0.15, 0.2) is 0 Å². The highest BCUT2D eigenvalue weighted by atomic mass is 32.2. The van der Waals surface area contributed by atoms with Gasteiger partial charge in [-0.05, 0) is 6.42 Å². The Bertz CT molecular complexity index is 520. The van der Waals surface area contributed by atoms with Gasteiger partial charge in [-0.15, -0.1) is 0 Å². The van der Waals surface area contributed by atoms with Crippen LogP contribution in [0.2, 0.25) is 0 Å². The summed E-state index contributed by atoms with van der Waals surface area (Å²) in [6.07, 6.45) is -4.02. The maximum Gasteiger partial charge on any atom is 0.405 e. The van der Waals surface area contributed by atoms with Gasteiger partial charge in [0.2, 0.25) is 15.9 Å². The number of sulfonamides is 1. The summed E-state index contributed by atoms with van der Waals surface area (Å²) < 4.78 is 63.7. The largest absolute Gasteiger partial charge is 0.405 e. The quantitative estimate of drug-likeness (QED) is 0.657. The fraction of sp³-hybridized carbons (Fsp3) is 0.917. The van der Waals surface area contributed by atoms with Crippen molar-refractivity contribution in [2.45, 2.75) is 18.6 Å². The third-order valence-corrected chi connectivity index (χ3v) is 5.89. The molecule has 0 aromatic heterocycles. The molecule has 23 heavy (non-hydrogen) atoms. The molecule has 2 saturated heterocycles. The minimum absolute atomic E-state index is 0.0216. The van der Waals surface area contributed by atoms with E-state index in [9.17, 15) is 26.4 Å². The van der Waals surface area contributed by atoms with Crippen molar-refractivity contribution in [3.63, 3.8) is 0 Å². The summed E-state index contributed by atoms with van der Waals surface area (Å²) in [7, 11) is -3.44. The van der Waals surface area contributed by atoms with Gasteiger partial charge in [0.15, 0.2) is 0 Å². The monoisotopic (exact) mass is 358 g/mol. The Hall–Kier alpha value is -0.910. The van der Waals surface area contributed by atoms with Crippen LogP contribution < -0.4 is 10.6 Å². The van der Waals surface area contributed by atoms with Gasteiger partial charge in [0.05, 0.1) is 12.3 Å². The van der Waals surface area contributed by atoms with Gasteiger partial charge in [0.1, 0.15) is 6.04 Å². The van der Waals surface area contributed by atoms with Crippen molar-refractivity contribution in [3.05, 3.63) is 0 Å². The number of nitrogens with zero attached hydrogens (tertiary/aromatic N) is 2. The predicted octanol–water partition coefficient (Wildman–Crippen LogP) is -1.03. The van der Waals surface area contributed by atoms with Crippen molar-refractivity contribution in [2.24, 2.45) is 0 Å². The van der Waals surface area contributed by atoms with E-state index < -0.39 is 41.2 Å². The summed E-state index contributed by atoms with van der Waals surface area (Å²) in [6, 6.07) is -1.76. The minimum atomic E-state index is -4.45. The molecule has 7 nitrogen and oxygen atoms in total. The second-order valence-electron chi connectivity index (χ2n) is 5.65. The molecule has 0 aromatic carbocycles. The number of piperazine rings is 1. The molecule has 1 atom stereocenters. The Morgan fingerprint density at radius 3 is 2.39 bits per heavy atom. The number of carbonyl (C=O) groups excluding carboxylic acids is 1. The summed E-state index contributed by atoms with van der Waals surface area (Å²) in [5.41, 5.74) is 0. The SMILES string of the molecule is O=C(CN1CCCS1(=O)=O)NCC(N1CCNCC1)C(F)(F)F. The maximum absolute atomic E-state index is 13.2. The van der Waals surface area contributed by atoms with Crippen LogP contribution >= 0.6 is 0 Å². The fourth-order valence-corrected chi connectivity index (χ4v) is 4.21. The molecule has 0 radical (unpaired) electrons. The molecule has 0 spiro atoms. The molecule has 2 rings (SSSR count). The average molecular weight is 358 g/mol. The molecular formula is C12H21F3N4O3S. The zero-order valence-corrected chi connectivity index (χ0v) is 13.4. The number of halogens is 3. The summed E-state index contributed by atoms with van der Waals surface area (Å²) >= 11 is 0. The van der Waals surface area contributed by atoms with Gasteiger partial charge in [0, 0.05) is 39.3 Å². The van der Waals surface area contributed by atoms with Gasteiger partial charge >= 0.3 is 6.18 Å². The van der Waals surface area contributed by atoms with Crippen LogP contribution in [0, 0.1) is 0 Å². The van der Waals surface area contributed by atoms with Crippen LogP contribution in [0.3, 0.4) is 0 Å². The Morgan fingerprint density at radius 2 is 1.87 bits per heavy atom.